The minimum absolute atomic E-state index is 0.387. The van der Waals surface area contributed by atoms with Gasteiger partial charge in [-0.3, -0.25) is 0 Å². The van der Waals surface area contributed by atoms with E-state index in [1.165, 1.54) is 24.0 Å². The number of phenols is 1. The summed E-state index contributed by atoms with van der Waals surface area (Å²) in [4.78, 5) is 0. The van der Waals surface area contributed by atoms with Crippen molar-refractivity contribution in [3.63, 3.8) is 0 Å². The number of hydrogen-bond acceptors (Lipinski definition) is 3. The van der Waals surface area contributed by atoms with Crippen LogP contribution in [0.15, 0.2) is 18.2 Å². The zero-order chi connectivity index (χ0) is 12.4. The molecule has 0 spiro atoms. The van der Waals surface area contributed by atoms with Crippen molar-refractivity contribution < 1.29 is 9.84 Å². The van der Waals surface area contributed by atoms with Crippen LogP contribution in [0.1, 0.15) is 36.4 Å². The lowest BCUT2D eigenvalue weighted by Crippen LogP contribution is -2.22. The van der Waals surface area contributed by atoms with Crippen molar-refractivity contribution in [2.24, 2.45) is 5.92 Å². The third-order valence-corrected chi connectivity index (χ3v) is 4.17. The largest absolute Gasteiger partial charge is 0.508 e. The summed E-state index contributed by atoms with van der Waals surface area (Å²) in [6.07, 6.45) is 4.66. The lowest BCUT2D eigenvalue weighted by atomic mass is 10.0. The van der Waals surface area contributed by atoms with Gasteiger partial charge in [0.05, 0.1) is 0 Å². The van der Waals surface area contributed by atoms with E-state index in [0.29, 0.717) is 11.8 Å². The third-order valence-electron chi connectivity index (χ3n) is 4.17. The zero-order valence-corrected chi connectivity index (χ0v) is 10.7. The van der Waals surface area contributed by atoms with Crippen LogP contribution in [0.3, 0.4) is 0 Å². The fourth-order valence-corrected chi connectivity index (χ4v) is 3.09. The molecule has 3 heteroatoms. The van der Waals surface area contributed by atoms with Gasteiger partial charge in [-0.15, -0.1) is 0 Å². The maximum Gasteiger partial charge on any atom is 0.115 e. The fourth-order valence-electron chi connectivity index (χ4n) is 3.09. The topological polar surface area (TPSA) is 41.5 Å². The average molecular weight is 247 g/mol. The minimum Gasteiger partial charge on any atom is -0.508 e. The molecule has 0 saturated carbocycles. The summed E-state index contributed by atoms with van der Waals surface area (Å²) in [7, 11) is 0. The molecular formula is C15H21NO2. The van der Waals surface area contributed by atoms with Crippen molar-refractivity contribution in [3.05, 3.63) is 29.3 Å². The van der Waals surface area contributed by atoms with Gasteiger partial charge in [-0.25, -0.2) is 0 Å². The van der Waals surface area contributed by atoms with Crippen molar-refractivity contribution in [3.8, 4) is 5.75 Å². The highest BCUT2D eigenvalue weighted by Gasteiger charge is 2.22. The van der Waals surface area contributed by atoms with Crippen LogP contribution in [0.4, 0.5) is 0 Å². The number of hydrogen-bond donors (Lipinski definition) is 2. The van der Waals surface area contributed by atoms with E-state index in [4.69, 9.17) is 4.74 Å². The Hall–Kier alpha value is -1.06. The normalized spacial score (nSPS) is 26.4. The summed E-state index contributed by atoms with van der Waals surface area (Å²) in [5, 5.41) is 13.1. The quantitative estimate of drug-likeness (QED) is 0.858. The fraction of sp³-hybridized carbons (Fsp3) is 0.600. The van der Waals surface area contributed by atoms with Crippen molar-refractivity contribution in [1.82, 2.24) is 5.32 Å². The molecule has 0 bridgehead atoms. The van der Waals surface area contributed by atoms with Gasteiger partial charge < -0.3 is 15.2 Å². The predicted molar refractivity (Wildman–Crippen MR) is 70.7 cm³/mol. The summed E-state index contributed by atoms with van der Waals surface area (Å²) in [6.45, 7) is 2.95. The molecule has 0 radical (unpaired) electrons. The van der Waals surface area contributed by atoms with E-state index in [9.17, 15) is 5.11 Å². The highest BCUT2D eigenvalue weighted by atomic mass is 16.5. The molecule has 1 aliphatic heterocycles. The SMILES string of the molecule is Oc1ccc2c(c1)CCC2NCCC1CCOC1. The first-order valence-corrected chi connectivity index (χ1v) is 6.96. The van der Waals surface area contributed by atoms with Gasteiger partial charge in [-0.2, -0.15) is 0 Å². The van der Waals surface area contributed by atoms with Crippen molar-refractivity contribution in [2.45, 2.75) is 31.7 Å². The van der Waals surface area contributed by atoms with E-state index in [-0.39, 0.29) is 0 Å². The maximum atomic E-state index is 9.47. The summed E-state index contributed by atoms with van der Waals surface area (Å²) in [5.41, 5.74) is 2.67. The molecule has 2 unspecified atom stereocenters. The summed E-state index contributed by atoms with van der Waals surface area (Å²) >= 11 is 0. The molecule has 1 aliphatic carbocycles. The first kappa shape index (κ1) is 12.0. The molecule has 18 heavy (non-hydrogen) atoms. The molecule has 1 aromatic carbocycles. The summed E-state index contributed by atoms with van der Waals surface area (Å²) in [5.74, 6) is 1.13. The van der Waals surface area contributed by atoms with Crippen LogP contribution in [0, 0.1) is 5.92 Å². The van der Waals surface area contributed by atoms with Gasteiger partial charge in [0.15, 0.2) is 0 Å². The Morgan fingerprint density at radius 3 is 3.11 bits per heavy atom. The molecule has 0 aromatic heterocycles. The zero-order valence-electron chi connectivity index (χ0n) is 10.7. The molecule has 3 nitrogen and oxygen atoms in total. The number of nitrogens with one attached hydrogen (secondary N) is 1. The highest BCUT2D eigenvalue weighted by molar-refractivity contribution is 5.39. The number of rotatable bonds is 4. The number of fused-ring (bicyclic) bond motifs is 1. The Morgan fingerprint density at radius 2 is 2.28 bits per heavy atom. The Morgan fingerprint density at radius 1 is 1.33 bits per heavy atom. The molecule has 98 valence electrons. The van der Waals surface area contributed by atoms with Gasteiger partial charge in [0.2, 0.25) is 0 Å². The Kier molecular flexibility index (Phi) is 3.52. The van der Waals surface area contributed by atoms with E-state index in [0.717, 1.165) is 38.5 Å². The van der Waals surface area contributed by atoms with E-state index in [2.05, 4.69) is 11.4 Å². The minimum atomic E-state index is 0.387. The van der Waals surface area contributed by atoms with Crippen LogP contribution in [-0.4, -0.2) is 24.9 Å². The predicted octanol–water partition coefficient (Wildman–Crippen LogP) is 2.40. The second-order valence-corrected chi connectivity index (χ2v) is 5.45. The Labute approximate surface area is 108 Å². The van der Waals surface area contributed by atoms with E-state index < -0.39 is 0 Å². The standard InChI is InChI=1S/C15H21NO2/c17-13-2-3-14-12(9-13)1-4-15(14)16-7-5-11-6-8-18-10-11/h2-3,9,11,15-17H,1,4-8,10H2. The molecule has 2 aliphatic rings. The summed E-state index contributed by atoms with van der Waals surface area (Å²) < 4.78 is 5.39. The average Bonchev–Trinajstić information content (AvgIpc) is 2.99. The second kappa shape index (κ2) is 5.29. The molecule has 2 N–H and O–H groups in total. The molecule has 0 amide bonds. The molecule has 1 saturated heterocycles. The van der Waals surface area contributed by atoms with Crippen LogP contribution < -0.4 is 5.32 Å². The number of ether oxygens (including phenoxy) is 1. The van der Waals surface area contributed by atoms with Gasteiger partial charge in [0, 0.05) is 19.3 Å². The van der Waals surface area contributed by atoms with Gasteiger partial charge in [0.25, 0.3) is 0 Å². The monoisotopic (exact) mass is 247 g/mol. The second-order valence-electron chi connectivity index (χ2n) is 5.45. The van der Waals surface area contributed by atoms with Crippen LogP contribution >= 0.6 is 0 Å². The van der Waals surface area contributed by atoms with Crippen molar-refractivity contribution in [2.75, 3.05) is 19.8 Å². The number of aryl methyl sites for hydroxylation is 1. The Bertz CT molecular complexity index is 413. The maximum absolute atomic E-state index is 9.47. The molecule has 1 fully saturated rings. The van der Waals surface area contributed by atoms with Crippen LogP contribution in [0.25, 0.3) is 0 Å². The number of aromatic hydroxyl groups is 1. The van der Waals surface area contributed by atoms with E-state index in [1.54, 1.807) is 6.07 Å². The lowest BCUT2D eigenvalue weighted by molar-refractivity contribution is 0.184. The smallest absolute Gasteiger partial charge is 0.115 e. The molecular weight excluding hydrogens is 226 g/mol. The molecule has 1 aromatic rings. The molecule has 1 heterocycles. The molecule has 2 atom stereocenters. The van der Waals surface area contributed by atoms with Crippen LogP contribution in [0.2, 0.25) is 0 Å². The lowest BCUT2D eigenvalue weighted by Gasteiger charge is -2.15. The third kappa shape index (κ3) is 2.52. The first-order valence-electron chi connectivity index (χ1n) is 6.96. The van der Waals surface area contributed by atoms with E-state index >= 15 is 0 Å². The van der Waals surface area contributed by atoms with Gasteiger partial charge in [-0.05, 0) is 61.4 Å². The van der Waals surface area contributed by atoms with Crippen LogP contribution in [0.5, 0.6) is 5.75 Å². The van der Waals surface area contributed by atoms with Crippen molar-refractivity contribution in [1.29, 1.82) is 0 Å². The van der Waals surface area contributed by atoms with Crippen molar-refractivity contribution >= 4 is 0 Å². The number of phenolic OH excluding ortho intramolecular Hbond substituents is 1. The van der Waals surface area contributed by atoms with Gasteiger partial charge in [-0.1, -0.05) is 6.07 Å². The van der Waals surface area contributed by atoms with Gasteiger partial charge in [0.1, 0.15) is 5.75 Å². The Balaban J connectivity index is 1.53. The summed E-state index contributed by atoms with van der Waals surface area (Å²) in [6, 6.07) is 6.24. The highest BCUT2D eigenvalue weighted by Crippen LogP contribution is 2.33. The van der Waals surface area contributed by atoms with Crippen LogP contribution in [-0.2, 0) is 11.2 Å². The van der Waals surface area contributed by atoms with Gasteiger partial charge >= 0.3 is 0 Å². The first-order chi connectivity index (χ1) is 8.83. The number of benzene rings is 1. The van der Waals surface area contributed by atoms with E-state index in [1.807, 2.05) is 6.07 Å². The molecule has 3 rings (SSSR count).